The minimum absolute atomic E-state index is 0. The van der Waals surface area contributed by atoms with Gasteiger partial charge in [-0.2, -0.15) is 0 Å². The first-order chi connectivity index (χ1) is 6.12. The summed E-state index contributed by atoms with van der Waals surface area (Å²) in [6.07, 6.45) is 5.91. The zero-order valence-corrected chi connectivity index (χ0v) is 10.5. The maximum absolute atomic E-state index is 3.56. The molecule has 0 unspecified atom stereocenters. The van der Waals surface area contributed by atoms with Gasteiger partial charge in [-0.25, -0.2) is 0 Å². The third-order valence-electron chi connectivity index (χ3n) is 5.04. The zero-order chi connectivity index (χ0) is 9.53. The highest BCUT2D eigenvalue weighted by molar-refractivity contribution is 5.85. The molecule has 0 heterocycles. The van der Waals surface area contributed by atoms with Gasteiger partial charge in [-0.15, -0.1) is 12.4 Å². The molecule has 2 heteroatoms. The molecule has 2 aliphatic rings. The number of fused-ring (bicyclic) bond motifs is 2. The summed E-state index contributed by atoms with van der Waals surface area (Å²) in [6.45, 7) is 9.59. The lowest BCUT2D eigenvalue weighted by atomic mass is 9.69. The molecule has 0 aromatic carbocycles. The molecule has 0 radical (unpaired) electrons. The van der Waals surface area contributed by atoms with Crippen LogP contribution in [-0.4, -0.2) is 13.1 Å². The van der Waals surface area contributed by atoms with Crippen LogP contribution in [0.15, 0.2) is 0 Å². The van der Waals surface area contributed by atoms with Crippen LogP contribution in [0.4, 0.5) is 0 Å². The SMILES string of the molecule is CCNCC12CCC(CC1)C2(C)C.Cl. The largest absolute Gasteiger partial charge is 0.316 e. The number of hydrogen-bond acceptors (Lipinski definition) is 1. The van der Waals surface area contributed by atoms with Crippen molar-refractivity contribution in [2.45, 2.75) is 46.5 Å². The lowest BCUT2D eigenvalue weighted by Gasteiger charge is -2.38. The minimum atomic E-state index is 0. The Hall–Kier alpha value is 0.250. The second-order valence-corrected chi connectivity index (χ2v) is 5.56. The molecule has 2 aliphatic carbocycles. The molecule has 0 aromatic heterocycles. The lowest BCUT2D eigenvalue weighted by molar-refractivity contribution is 0.126. The van der Waals surface area contributed by atoms with Gasteiger partial charge in [-0.05, 0) is 49.0 Å². The fraction of sp³-hybridized carbons (Fsp3) is 1.00. The molecule has 1 nitrogen and oxygen atoms in total. The lowest BCUT2D eigenvalue weighted by Crippen LogP contribution is -2.39. The average molecular weight is 218 g/mol. The van der Waals surface area contributed by atoms with Crippen molar-refractivity contribution >= 4 is 12.4 Å². The first kappa shape index (κ1) is 12.3. The third kappa shape index (κ3) is 1.49. The van der Waals surface area contributed by atoms with Gasteiger partial charge in [0.15, 0.2) is 0 Å². The Morgan fingerprint density at radius 3 is 2.14 bits per heavy atom. The normalized spacial score (nSPS) is 38.4. The first-order valence-electron chi connectivity index (χ1n) is 5.83. The molecule has 0 atom stereocenters. The molecule has 0 spiro atoms. The summed E-state index contributed by atoms with van der Waals surface area (Å²) in [4.78, 5) is 0. The van der Waals surface area contributed by atoms with Crippen LogP contribution >= 0.6 is 12.4 Å². The maximum Gasteiger partial charge on any atom is 0.00129 e. The molecule has 0 saturated heterocycles. The van der Waals surface area contributed by atoms with Crippen molar-refractivity contribution in [3.8, 4) is 0 Å². The molecule has 0 aromatic rings. The molecule has 0 amide bonds. The van der Waals surface area contributed by atoms with Crippen molar-refractivity contribution in [3.63, 3.8) is 0 Å². The van der Waals surface area contributed by atoms with Crippen molar-refractivity contribution in [2.75, 3.05) is 13.1 Å². The summed E-state index contributed by atoms with van der Waals surface area (Å²) in [5.74, 6) is 1.02. The monoisotopic (exact) mass is 217 g/mol. The Bertz CT molecular complexity index is 192. The molecule has 84 valence electrons. The second-order valence-electron chi connectivity index (χ2n) is 5.56. The van der Waals surface area contributed by atoms with Crippen LogP contribution in [-0.2, 0) is 0 Å². The Balaban J connectivity index is 0.000000980. The standard InChI is InChI=1S/C12H23N.ClH/c1-4-13-9-12-7-5-10(6-8-12)11(12,2)3;/h10,13H,4-9H2,1-3H3;1H. The van der Waals surface area contributed by atoms with Crippen molar-refractivity contribution in [3.05, 3.63) is 0 Å². The van der Waals surface area contributed by atoms with Gasteiger partial charge in [0.2, 0.25) is 0 Å². The molecular weight excluding hydrogens is 194 g/mol. The van der Waals surface area contributed by atoms with E-state index in [9.17, 15) is 0 Å². The highest BCUT2D eigenvalue weighted by Crippen LogP contribution is 2.65. The molecule has 2 bridgehead atoms. The van der Waals surface area contributed by atoms with E-state index in [2.05, 4.69) is 26.1 Å². The van der Waals surface area contributed by atoms with Crippen molar-refractivity contribution in [2.24, 2.45) is 16.7 Å². The smallest absolute Gasteiger partial charge is 0.00129 e. The zero-order valence-electron chi connectivity index (χ0n) is 9.73. The number of hydrogen-bond donors (Lipinski definition) is 1. The van der Waals surface area contributed by atoms with E-state index in [4.69, 9.17) is 0 Å². The van der Waals surface area contributed by atoms with Gasteiger partial charge in [0.05, 0.1) is 0 Å². The number of rotatable bonds is 3. The van der Waals surface area contributed by atoms with Crippen LogP contribution in [0.1, 0.15) is 46.5 Å². The Labute approximate surface area is 94.4 Å². The van der Waals surface area contributed by atoms with Gasteiger partial charge in [0.25, 0.3) is 0 Å². The highest BCUT2D eigenvalue weighted by atomic mass is 35.5. The summed E-state index contributed by atoms with van der Waals surface area (Å²) in [5, 5.41) is 3.56. The van der Waals surface area contributed by atoms with Crippen LogP contribution in [0.5, 0.6) is 0 Å². The Morgan fingerprint density at radius 2 is 1.79 bits per heavy atom. The summed E-state index contributed by atoms with van der Waals surface area (Å²) in [5.41, 5.74) is 1.25. The topological polar surface area (TPSA) is 12.0 Å². The Morgan fingerprint density at radius 1 is 1.21 bits per heavy atom. The number of nitrogens with one attached hydrogen (secondary N) is 1. The van der Waals surface area contributed by atoms with E-state index < -0.39 is 0 Å². The van der Waals surface area contributed by atoms with Gasteiger partial charge >= 0.3 is 0 Å². The predicted molar refractivity (Wildman–Crippen MR) is 64.0 cm³/mol. The molecular formula is C12H24ClN. The minimum Gasteiger partial charge on any atom is -0.316 e. The summed E-state index contributed by atoms with van der Waals surface area (Å²) in [7, 11) is 0. The molecule has 2 fully saturated rings. The average Bonchev–Trinajstić information content (AvgIpc) is 2.50. The summed E-state index contributed by atoms with van der Waals surface area (Å²) >= 11 is 0. The van der Waals surface area contributed by atoms with E-state index in [1.165, 1.54) is 32.2 Å². The van der Waals surface area contributed by atoms with Crippen LogP contribution < -0.4 is 5.32 Å². The second kappa shape index (κ2) is 4.02. The summed E-state index contributed by atoms with van der Waals surface area (Å²) in [6, 6.07) is 0. The van der Waals surface area contributed by atoms with Crippen molar-refractivity contribution in [1.29, 1.82) is 0 Å². The molecule has 14 heavy (non-hydrogen) atoms. The van der Waals surface area contributed by atoms with E-state index in [1.54, 1.807) is 0 Å². The Kier molecular flexibility index (Phi) is 3.53. The van der Waals surface area contributed by atoms with E-state index >= 15 is 0 Å². The van der Waals surface area contributed by atoms with Crippen LogP contribution in [0.25, 0.3) is 0 Å². The van der Waals surface area contributed by atoms with E-state index in [0.717, 1.165) is 12.5 Å². The first-order valence-corrected chi connectivity index (χ1v) is 5.83. The molecule has 2 rings (SSSR count). The highest BCUT2D eigenvalue weighted by Gasteiger charge is 2.58. The molecule has 0 aliphatic heterocycles. The van der Waals surface area contributed by atoms with Crippen LogP contribution in [0.3, 0.4) is 0 Å². The maximum atomic E-state index is 3.56. The molecule has 2 saturated carbocycles. The van der Waals surface area contributed by atoms with Crippen LogP contribution in [0, 0.1) is 16.7 Å². The van der Waals surface area contributed by atoms with Gasteiger partial charge < -0.3 is 5.32 Å². The van der Waals surface area contributed by atoms with Crippen molar-refractivity contribution < 1.29 is 0 Å². The van der Waals surface area contributed by atoms with Gasteiger partial charge in [0.1, 0.15) is 0 Å². The van der Waals surface area contributed by atoms with Gasteiger partial charge in [-0.1, -0.05) is 20.8 Å². The van der Waals surface area contributed by atoms with Gasteiger partial charge in [-0.3, -0.25) is 0 Å². The summed E-state index contributed by atoms with van der Waals surface area (Å²) < 4.78 is 0. The van der Waals surface area contributed by atoms with Gasteiger partial charge in [0, 0.05) is 6.54 Å². The number of halogens is 1. The predicted octanol–water partition coefficient (Wildman–Crippen LogP) is 3.23. The van der Waals surface area contributed by atoms with E-state index in [1.807, 2.05) is 0 Å². The third-order valence-corrected chi connectivity index (χ3v) is 5.04. The molecule has 1 N–H and O–H groups in total. The van der Waals surface area contributed by atoms with E-state index in [0.29, 0.717) is 10.8 Å². The fourth-order valence-electron chi connectivity index (χ4n) is 3.74. The quantitative estimate of drug-likeness (QED) is 0.766. The van der Waals surface area contributed by atoms with E-state index in [-0.39, 0.29) is 12.4 Å². The fourth-order valence-corrected chi connectivity index (χ4v) is 3.74. The van der Waals surface area contributed by atoms with Crippen LogP contribution in [0.2, 0.25) is 0 Å². The van der Waals surface area contributed by atoms with Crippen molar-refractivity contribution in [1.82, 2.24) is 5.32 Å².